The molecule has 0 aliphatic carbocycles. The highest BCUT2D eigenvalue weighted by Gasteiger charge is 2.34. The molecule has 10 heteroatoms. The predicted molar refractivity (Wildman–Crippen MR) is 166 cm³/mol. The van der Waals surface area contributed by atoms with Crippen LogP contribution in [0.15, 0.2) is 65.6 Å². The molecule has 1 N–H and O–H groups in total. The Morgan fingerprint density at radius 3 is 2.02 bits per heavy atom. The Bertz CT molecular complexity index is 1510. The van der Waals surface area contributed by atoms with Crippen molar-refractivity contribution in [2.24, 2.45) is 0 Å². The Hall–Kier alpha value is -3.07. The summed E-state index contributed by atoms with van der Waals surface area (Å²) in [7, 11) is -4.16. The van der Waals surface area contributed by atoms with E-state index in [0.29, 0.717) is 21.3 Å². The van der Waals surface area contributed by atoms with E-state index in [-0.39, 0.29) is 11.4 Å². The minimum Gasteiger partial charge on any atom is -0.350 e. The van der Waals surface area contributed by atoms with Crippen LogP contribution in [0.4, 0.5) is 5.69 Å². The number of anilines is 1. The molecule has 0 saturated carbocycles. The molecule has 1 atom stereocenters. The van der Waals surface area contributed by atoms with E-state index in [1.165, 1.54) is 17.0 Å². The van der Waals surface area contributed by atoms with Crippen molar-refractivity contribution in [2.45, 2.75) is 71.5 Å². The maximum Gasteiger partial charge on any atom is 0.264 e. The van der Waals surface area contributed by atoms with Crippen LogP contribution in [0.1, 0.15) is 49.9 Å². The molecule has 3 rings (SSSR count). The number of halogens is 2. The lowest BCUT2D eigenvalue weighted by atomic mass is 10.1. The Labute approximate surface area is 253 Å². The molecule has 0 aliphatic heterocycles. The zero-order valence-electron chi connectivity index (χ0n) is 24.5. The molecule has 0 bridgehead atoms. The van der Waals surface area contributed by atoms with E-state index in [4.69, 9.17) is 23.2 Å². The van der Waals surface area contributed by atoms with Crippen LogP contribution in [0.3, 0.4) is 0 Å². The number of rotatable bonds is 9. The number of sulfonamides is 1. The summed E-state index contributed by atoms with van der Waals surface area (Å²) in [5, 5.41) is 3.56. The third-order valence-corrected chi connectivity index (χ3v) is 9.22. The number of hydrogen-bond acceptors (Lipinski definition) is 4. The zero-order valence-corrected chi connectivity index (χ0v) is 26.8. The van der Waals surface area contributed by atoms with Gasteiger partial charge in [-0.25, -0.2) is 8.42 Å². The lowest BCUT2D eigenvalue weighted by molar-refractivity contribution is -0.140. The third kappa shape index (κ3) is 8.03. The molecule has 0 saturated heterocycles. The van der Waals surface area contributed by atoms with E-state index in [0.717, 1.165) is 21.0 Å². The Morgan fingerprint density at radius 2 is 1.49 bits per heavy atom. The van der Waals surface area contributed by atoms with Crippen LogP contribution in [-0.4, -0.2) is 43.3 Å². The lowest BCUT2D eigenvalue weighted by Crippen LogP contribution is -2.54. The highest BCUT2D eigenvalue weighted by molar-refractivity contribution is 7.92. The quantitative estimate of drug-likeness (QED) is 0.299. The minimum atomic E-state index is -4.16. The van der Waals surface area contributed by atoms with Crippen molar-refractivity contribution in [3.8, 4) is 0 Å². The first kappa shape index (κ1) is 32.4. The van der Waals surface area contributed by atoms with Gasteiger partial charge in [0.15, 0.2) is 0 Å². The number of hydrogen-bond donors (Lipinski definition) is 1. The largest absolute Gasteiger partial charge is 0.350 e. The monoisotopic (exact) mass is 617 g/mol. The van der Waals surface area contributed by atoms with Crippen molar-refractivity contribution in [1.29, 1.82) is 0 Å². The molecule has 0 aliphatic rings. The Kier molecular flexibility index (Phi) is 10.2. The normalized spacial score (nSPS) is 12.5. The second-order valence-corrected chi connectivity index (χ2v) is 13.9. The standard InChI is InChI=1S/C31H37Cl2N3O4S/c1-20-11-15-25(16-12-20)41(39,40)36(24-14-13-21(2)22(3)17-24)19-29(37)35(23(4)30(38)34-31(5,6)7)18-26-27(32)9-8-10-28(26)33/h8-17,23H,18-19H2,1-7H3,(H,34,38)/t23-/m0/s1. The summed E-state index contributed by atoms with van der Waals surface area (Å²) >= 11 is 12.9. The zero-order chi connectivity index (χ0) is 30.7. The van der Waals surface area contributed by atoms with Crippen LogP contribution in [0.2, 0.25) is 10.0 Å². The summed E-state index contributed by atoms with van der Waals surface area (Å²) in [4.78, 5) is 28.7. The van der Waals surface area contributed by atoms with Crippen LogP contribution in [-0.2, 0) is 26.2 Å². The second kappa shape index (κ2) is 12.8. The number of carbonyl (C=O) groups is 2. The first-order chi connectivity index (χ1) is 19.0. The van der Waals surface area contributed by atoms with Crippen molar-refractivity contribution in [3.63, 3.8) is 0 Å². The van der Waals surface area contributed by atoms with Gasteiger partial charge in [0, 0.05) is 27.7 Å². The average Bonchev–Trinajstić information content (AvgIpc) is 2.87. The first-order valence-electron chi connectivity index (χ1n) is 13.2. The van der Waals surface area contributed by atoms with E-state index in [2.05, 4.69) is 5.32 Å². The van der Waals surface area contributed by atoms with E-state index in [9.17, 15) is 18.0 Å². The van der Waals surface area contributed by atoms with Gasteiger partial charge < -0.3 is 10.2 Å². The van der Waals surface area contributed by atoms with Gasteiger partial charge >= 0.3 is 0 Å². The Balaban J connectivity index is 2.10. The molecule has 0 fully saturated rings. The molecule has 220 valence electrons. The van der Waals surface area contributed by atoms with Crippen molar-refractivity contribution < 1.29 is 18.0 Å². The summed E-state index contributed by atoms with van der Waals surface area (Å²) in [6, 6.07) is 15.7. The number of carbonyl (C=O) groups excluding carboxylic acids is 2. The SMILES string of the molecule is Cc1ccc(S(=O)(=O)N(CC(=O)N(Cc2c(Cl)cccc2Cl)[C@@H](C)C(=O)NC(C)(C)C)c2ccc(C)c(C)c2)cc1. The molecule has 0 radical (unpaired) electrons. The van der Waals surface area contributed by atoms with Gasteiger partial charge in [-0.15, -0.1) is 0 Å². The maximum absolute atomic E-state index is 14.1. The second-order valence-electron chi connectivity index (χ2n) is 11.2. The van der Waals surface area contributed by atoms with E-state index in [1.807, 2.05) is 47.6 Å². The molecule has 3 aromatic rings. The van der Waals surface area contributed by atoms with Gasteiger partial charge in [-0.3, -0.25) is 13.9 Å². The van der Waals surface area contributed by atoms with Gasteiger partial charge in [-0.2, -0.15) is 0 Å². The molecule has 0 heterocycles. The summed E-state index contributed by atoms with van der Waals surface area (Å²) in [6.45, 7) is 12.1. The van der Waals surface area contributed by atoms with Crippen LogP contribution < -0.4 is 9.62 Å². The molecule has 41 heavy (non-hydrogen) atoms. The Morgan fingerprint density at radius 1 is 0.902 bits per heavy atom. The average molecular weight is 619 g/mol. The molecule has 0 aromatic heterocycles. The van der Waals surface area contributed by atoms with Crippen molar-refractivity contribution >= 4 is 50.7 Å². The predicted octanol–water partition coefficient (Wildman–Crippen LogP) is 6.45. The van der Waals surface area contributed by atoms with Crippen molar-refractivity contribution in [1.82, 2.24) is 10.2 Å². The summed E-state index contributed by atoms with van der Waals surface area (Å²) in [5.41, 5.74) is 3.00. The van der Waals surface area contributed by atoms with Crippen LogP contribution in [0.25, 0.3) is 0 Å². The fourth-order valence-corrected chi connectivity index (χ4v) is 6.08. The van der Waals surface area contributed by atoms with E-state index in [1.54, 1.807) is 49.4 Å². The number of aryl methyl sites for hydroxylation is 3. The van der Waals surface area contributed by atoms with Gasteiger partial charge in [0.2, 0.25) is 11.8 Å². The van der Waals surface area contributed by atoms with Crippen LogP contribution in [0, 0.1) is 20.8 Å². The van der Waals surface area contributed by atoms with Gasteiger partial charge in [-0.05, 0) is 96.0 Å². The van der Waals surface area contributed by atoms with Gasteiger partial charge in [-0.1, -0.05) is 53.0 Å². The summed E-state index contributed by atoms with van der Waals surface area (Å²) in [6.07, 6.45) is 0. The topological polar surface area (TPSA) is 86.8 Å². The third-order valence-electron chi connectivity index (χ3n) is 6.72. The fourth-order valence-electron chi connectivity index (χ4n) is 4.16. The molecule has 2 amide bonds. The van der Waals surface area contributed by atoms with Crippen LogP contribution >= 0.6 is 23.2 Å². The maximum atomic E-state index is 14.1. The molecule has 0 spiro atoms. The molecule has 3 aromatic carbocycles. The number of nitrogens with one attached hydrogen (secondary N) is 1. The smallest absolute Gasteiger partial charge is 0.264 e. The van der Waals surface area contributed by atoms with Crippen LogP contribution in [0.5, 0.6) is 0 Å². The first-order valence-corrected chi connectivity index (χ1v) is 15.4. The molecule has 0 unspecified atom stereocenters. The summed E-state index contributed by atoms with van der Waals surface area (Å²) < 4.78 is 29.1. The fraction of sp³-hybridized carbons (Fsp3) is 0.355. The van der Waals surface area contributed by atoms with Crippen molar-refractivity contribution in [3.05, 3.63) is 93.0 Å². The van der Waals surface area contributed by atoms with Gasteiger partial charge in [0.05, 0.1) is 10.6 Å². The van der Waals surface area contributed by atoms with E-state index >= 15 is 0 Å². The number of benzene rings is 3. The highest BCUT2D eigenvalue weighted by Crippen LogP contribution is 2.29. The minimum absolute atomic E-state index is 0.0494. The lowest BCUT2D eigenvalue weighted by Gasteiger charge is -2.34. The summed E-state index contributed by atoms with van der Waals surface area (Å²) in [5.74, 6) is -0.986. The molecular weight excluding hydrogens is 581 g/mol. The van der Waals surface area contributed by atoms with Crippen molar-refractivity contribution in [2.75, 3.05) is 10.8 Å². The van der Waals surface area contributed by atoms with Gasteiger partial charge in [0.25, 0.3) is 10.0 Å². The highest BCUT2D eigenvalue weighted by atomic mass is 35.5. The number of amides is 2. The molecular formula is C31H37Cl2N3O4S. The molecule has 7 nitrogen and oxygen atoms in total. The van der Waals surface area contributed by atoms with E-state index < -0.39 is 40.0 Å². The number of nitrogens with zero attached hydrogens (tertiary/aromatic N) is 2. The van der Waals surface area contributed by atoms with Gasteiger partial charge in [0.1, 0.15) is 12.6 Å².